The first kappa shape index (κ1) is 17.6. The van der Waals surface area contributed by atoms with E-state index in [4.69, 9.17) is 4.74 Å². The van der Waals surface area contributed by atoms with Crippen LogP contribution in [0.1, 0.15) is 34.1 Å². The molecule has 0 unspecified atom stereocenters. The zero-order chi connectivity index (χ0) is 12.8. The van der Waals surface area contributed by atoms with Crippen molar-refractivity contribution in [1.29, 1.82) is 0 Å². The van der Waals surface area contributed by atoms with E-state index < -0.39 is 0 Å². The lowest BCUT2D eigenvalue weighted by Gasteiger charge is -2.09. The van der Waals surface area contributed by atoms with Gasteiger partial charge in [0.05, 0.1) is 6.61 Å². The fraction of sp³-hybridized carbons (Fsp3) is 0.917. The monoisotopic (exact) mass is 231 g/mol. The molecule has 0 spiro atoms. The number of amidine groups is 1. The van der Waals surface area contributed by atoms with Gasteiger partial charge in [-0.15, -0.1) is 0 Å². The summed E-state index contributed by atoms with van der Waals surface area (Å²) in [7, 11) is 4.13. The normalized spacial score (nSPS) is 10.8. The van der Waals surface area contributed by atoms with Crippen molar-refractivity contribution in [3.8, 4) is 0 Å². The zero-order valence-corrected chi connectivity index (χ0v) is 11.8. The number of hydrogen-bond donors (Lipinski definition) is 1. The second-order valence-corrected chi connectivity index (χ2v) is 3.31. The summed E-state index contributed by atoms with van der Waals surface area (Å²) in [6.07, 6.45) is 1.06. The Morgan fingerprint density at radius 1 is 1.25 bits per heavy atom. The number of ether oxygens (including phenoxy) is 1. The smallest absolute Gasteiger partial charge is 0.284 e. The summed E-state index contributed by atoms with van der Waals surface area (Å²) >= 11 is 0. The molecule has 0 aromatic carbocycles. The standard InChI is InChI=1S/C10H23N3O.C2H6/c1-5-11-10(14-6-2)12-8-7-9-13(3)4;1-2/h5-9H2,1-4H3,(H,11,12);1-2H3. The highest BCUT2D eigenvalue weighted by Gasteiger charge is 1.95. The van der Waals surface area contributed by atoms with Crippen LogP contribution in [-0.2, 0) is 4.74 Å². The molecule has 0 bridgehead atoms. The number of hydrogen-bond acceptors (Lipinski definition) is 3. The number of rotatable bonds is 6. The molecule has 0 aromatic heterocycles. The third-order valence-electron chi connectivity index (χ3n) is 1.63. The van der Waals surface area contributed by atoms with Crippen molar-refractivity contribution < 1.29 is 4.74 Å². The van der Waals surface area contributed by atoms with Crippen LogP contribution in [0.25, 0.3) is 0 Å². The van der Waals surface area contributed by atoms with Crippen LogP contribution in [-0.4, -0.2) is 51.3 Å². The Kier molecular flexibility index (Phi) is 15.7. The molecule has 0 atom stereocenters. The molecule has 0 aliphatic heterocycles. The van der Waals surface area contributed by atoms with Crippen molar-refractivity contribution in [3.05, 3.63) is 0 Å². The maximum absolute atomic E-state index is 5.31. The van der Waals surface area contributed by atoms with Gasteiger partial charge in [0.15, 0.2) is 0 Å². The summed E-state index contributed by atoms with van der Waals surface area (Å²) in [6.45, 7) is 11.4. The summed E-state index contributed by atoms with van der Waals surface area (Å²) in [5.41, 5.74) is 0. The van der Waals surface area contributed by atoms with E-state index in [0.29, 0.717) is 12.6 Å². The third-order valence-corrected chi connectivity index (χ3v) is 1.63. The van der Waals surface area contributed by atoms with E-state index in [1.165, 1.54) is 0 Å². The maximum Gasteiger partial charge on any atom is 0.284 e. The molecule has 4 heteroatoms. The second kappa shape index (κ2) is 14.2. The molecule has 0 heterocycles. The molecule has 0 aliphatic carbocycles. The van der Waals surface area contributed by atoms with E-state index in [1.807, 2.05) is 27.7 Å². The van der Waals surface area contributed by atoms with Crippen molar-refractivity contribution in [2.24, 2.45) is 4.99 Å². The number of aliphatic imine (C=N–C) groups is 1. The summed E-state index contributed by atoms with van der Waals surface area (Å²) in [4.78, 5) is 6.49. The van der Waals surface area contributed by atoms with E-state index >= 15 is 0 Å². The minimum absolute atomic E-state index is 0.666. The van der Waals surface area contributed by atoms with Gasteiger partial charge in [0.25, 0.3) is 6.02 Å². The lowest BCUT2D eigenvalue weighted by atomic mass is 10.4. The van der Waals surface area contributed by atoms with Crippen LogP contribution in [0.15, 0.2) is 4.99 Å². The summed E-state index contributed by atoms with van der Waals surface area (Å²) in [5, 5.41) is 3.09. The third kappa shape index (κ3) is 13.2. The van der Waals surface area contributed by atoms with Gasteiger partial charge in [0.2, 0.25) is 0 Å². The Morgan fingerprint density at radius 3 is 2.31 bits per heavy atom. The Hall–Kier alpha value is -0.770. The average molecular weight is 231 g/mol. The summed E-state index contributed by atoms with van der Waals surface area (Å²) in [5.74, 6) is 0. The first-order valence-corrected chi connectivity index (χ1v) is 6.26. The molecule has 0 amide bonds. The molecular weight excluding hydrogens is 202 g/mol. The van der Waals surface area contributed by atoms with Crippen LogP contribution in [0.4, 0.5) is 0 Å². The zero-order valence-electron chi connectivity index (χ0n) is 11.8. The van der Waals surface area contributed by atoms with E-state index in [9.17, 15) is 0 Å². The molecule has 0 aromatic rings. The fourth-order valence-corrected chi connectivity index (χ4v) is 1.01. The van der Waals surface area contributed by atoms with Gasteiger partial charge in [-0.3, -0.25) is 0 Å². The van der Waals surface area contributed by atoms with Gasteiger partial charge in [-0.2, -0.15) is 0 Å². The van der Waals surface area contributed by atoms with E-state index in [-0.39, 0.29) is 0 Å². The predicted octanol–water partition coefficient (Wildman–Crippen LogP) is 1.97. The molecule has 0 fully saturated rings. The molecule has 0 rings (SSSR count). The molecule has 0 saturated carbocycles. The van der Waals surface area contributed by atoms with Crippen molar-refractivity contribution >= 4 is 6.02 Å². The van der Waals surface area contributed by atoms with Crippen LogP contribution in [0, 0.1) is 0 Å². The first-order valence-electron chi connectivity index (χ1n) is 6.26. The topological polar surface area (TPSA) is 36.9 Å². The molecule has 4 nitrogen and oxygen atoms in total. The highest BCUT2D eigenvalue weighted by molar-refractivity contribution is 5.73. The minimum atomic E-state index is 0.666. The van der Waals surface area contributed by atoms with E-state index in [0.717, 1.165) is 26.1 Å². The van der Waals surface area contributed by atoms with Crippen molar-refractivity contribution in [2.45, 2.75) is 34.1 Å². The van der Waals surface area contributed by atoms with Gasteiger partial charge in [-0.25, -0.2) is 4.99 Å². The quantitative estimate of drug-likeness (QED) is 0.431. The predicted molar refractivity (Wildman–Crippen MR) is 72.1 cm³/mol. The SMILES string of the molecule is CC.CCNC(=NCCCN(C)C)OCC. The van der Waals surface area contributed by atoms with Gasteiger partial charge < -0.3 is 15.0 Å². The minimum Gasteiger partial charge on any atom is -0.466 e. The Labute approximate surface area is 101 Å². The number of nitrogens with one attached hydrogen (secondary N) is 1. The second-order valence-electron chi connectivity index (χ2n) is 3.31. The Morgan fingerprint density at radius 2 is 1.88 bits per heavy atom. The molecule has 0 radical (unpaired) electrons. The maximum atomic E-state index is 5.31. The van der Waals surface area contributed by atoms with Gasteiger partial charge in [0.1, 0.15) is 0 Å². The highest BCUT2D eigenvalue weighted by atomic mass is 16.5. The fourth-order valence-electron chi connectivity index (χ4n) is 1.01. The van der Waals surface area contributed by atoms with Gasteiger partial charge in [0, 0.05) is 13.1 Å². The van der Waals surface area contributed by atoms with Crippen LogP contribution in [0.3, 0.4) is 0 Å². The molecule has 0 aliphatic rings. The Bertz CT molecular complexity index is 150. The van der Waals surface area contributed by atoms with Gasteiger partial charge >= 0.3 is 0 Å². The highest BCUT2D eigenvalue weighted by Crippen LogP contribution is 1.87. The lowest BCUT2D eigenvalue weighted by molar-refractivity contribution is 0.308. The summed E-state index contributed by atoms with van der Waals surface area (Å²) < 4.78 is 5.31. The average Bonchev–Trinajstić information content (AvgIpc) is 2.27. The number of nitrogens with zero attached hydrogens (tertiary/aromatic N) is 2. The Balaban J connectivity index is 0. The van der Waals surface area contributed by atoms with Crippen molar-refractivity contribution in [3.63, 3.8) is 0 Å². The van der Waals surface area contributed by atoms with Crippen molar-refractivity contribution in [2.75, 3.05) is 40.3 Å². The van der Waals surface area contributed by atoms with Gasteiger partial charge in [-0.1, -0.05) is 13.8 Å². The summed E-state index contributed by atoms with van der Waals surface area (Å²) in [6, 6.07) is 0.675. The largest absolute Gasteiger partial charge is 0.466 e. The van der Waals surface area contributed by atoms with Crippen molar-refractivity contribution in [1.82, 2.24) is 10.2 Å². The molecule has 0 saturated heterocycles. The van der Waals surface area contributed by atoms with E-state index in [1.54, 1.807) is 0 Å². The van der Waals surface area contributed by atoms with Crippen LogP contribution in [0.5, 0.6) is 0 Å². The van der Waals surface area contributed by atoms with Gasteiger partial charge in [-0.05, 0) is 40.9 Å². The molecular formula is C12H29N3O. The van der Waals surface area contributed by atoms with Crippen LogP contribution in [0.2, 0.25) is 0 Å². The lowest BCUT2D eigenvalue weighted by Crippen LogP contribution is -2.26. The first-order chi connectivity index (χ1) is 7.70. The molecule has 16 heavy (non-hydrogen) atoms. The van der Waals surface area contributed by atoms with Crippen LogP contribution >= 0.6 is 0 Å². The molecule has 98 valence electrons. The molecule has 1 N–H and O–H groups in total. The van der Waals surface area contributed by atoms with Crippen LogP contribution < -0.4 is 5.32 Å². The van der Waals surface area contributed by atoms with E-state index in [2.05, 4.69) is 29.3 Å².